The van der Waals surface area contributed by atoms with Gasteiger partial charge in [0.25, 0.3) is 20.0 Å². The number of aromatic amines is 2. The monoisotopic (exact) mass is 718 g/mol. The van der Waals surface area contributed by atoms with Crippen LogP contribution in [-0.4, -0.2) is 70.8 Å². The minimum atomic E-state index is -3.91. The van der Waals surface area contributed by atoms with Crippen molar-refractivity contribution in [1.29, 1.82) is 0 Å². The molecule has 0 aliphatic heterocycles. The highest BCUT2D eigenvalue weighted by atomic mass is 32.2. The maximum atomic E-state index is 14.0. The van der Waals surface area contributed by atoms with Crippen molar-refractivity contribution < 1.29 is 16.8 Å². The second-order valence-corrected chi connectivity index (χ2v) is 17.4. The molecular weight excluding hydrogens is 673 g/mol. The van der Waals surface area contributed by atoms with Gasteiger partial charge in [0.1, 0.15) is 0 Å². The summed E-state index contributed by atoms with van der Waals surface area (Å²) >= 11 is 0. The Balaban J connectivity index is 1.06. The number of imidazole rings is 2. The van der Waals surface area contributed by atoms with Gasteiger partial charge in [-0.15, -0.1) is 0 Å². The fourth-order valence-corrected chi connectivity index (χ4v) is 10.3. The molecule has 3 aromatic carbocycles. The Bertz CT molecular complexity index is 2010. The van der Waals surface area contributed by atoms with Crippen molar-refractivity contribution in [3.05, 3.63) is 71.8 Å². The van der Waals surface area contributed by atoms with Crippen LogP contribution in [0.25, 0.3) is 22.1 Å². The molecule has 0 unspecified atom stereocenters. The smallest absolute Gasteiger partial charge is 0.278 e. The Morgan fingerprint density at radius 2 is 0.980 bits per heavy atom. The average molecular weight is 719 g/mol. The molecule has 0 bridgehead atoms. The van der Waals surface area contributed by atoms with E-state index in [2.05, 4.69) is 30.6 Å². The van der Waals surface area contributed by atoms with E-state index in [-0.39, 0.29) is 35.7 Å². The van der Waals surface area contributed by atoms with E-state index in [1.165, 1.54) is 0 Å². The molecule has 2 fully saturated rings. The van der Waals surface area contributed by atoms with E-state index in [0.717, 1.165) is 86.7 Å². The van der Waals surface area contributed by atoms with Crippen LogP contribution in [0, 0.1) is 13.8 Å². The number of hydrogen-bond acceptors (Lipinski definition) is 8. The van der Waals surface area contributed by atoms with Gasteiger partial charge in [-0.3, -0.25) is 0 Å². The van der Waals surface area contributed by atoms with E-state index in [1.54, 1.807) is 8.61 Å². The highest BCUT2D eigenvalue weighted by Crippen LogP contribution is 2.30. The number of rotatable bonds is 12. The summed E-state index contributed by atoms with van der Waals surface area (Å²) in [7, 11) is -7.82. The fourth-order valence-electron chi connectivity index (χ4n) is 7.27. The number of H-pyrrole nitrogens is 2. The zero-order valence-corrected chi connectivity index (χ0v) is 30.3. The molecule has 7 rings (SSSR count). The van der Waals surface area contributed by atoms with Gasteiger partial charge >= 0.3 is 0 Å². The van der Waals surface area contributed by atoms with Gasteiger partial charge in [-0.1, -0.05) is 50.7 Å². The predicted octanol–water partition coefficient (Wildman–Crippen LogP) is 6.84. The number of aromatic nitrogens is 4. The Morgan fingerprint density at radius 3 is 1.36 bits per heavy atom. The summed E-state index contributed by atoms with van der Waals surface area (Å²) in [4.78, 5) is 15.0. The number of hydrogen-bond donors (Lipinski definition) is 4. The Morgan fingerprint density at radius 1 is 0.600 bits per heavy atom. The SMILES string of the molecule is Cc1ccc2nc(S(=O)(=O)N(CNc3ccc(NCN(C4CCCCC4)S(=O)(=O)c4nc5ccc(C)cc5[nH]4)cc3)C3CCCCC3)[nH]c2c1. The van der Waals surface area contributed by atoms with E-state index < -0.39 is 20.0 Å². The molecule has 5 aromatic rings. The largest absolute Gasteiger partial charge is 0.371 e. The lowest BCUT2D eigenvalue weighted by atomic mass is 9.96. The Hall–Kier alpha value is -3.98. The summed E-state index contributed by atoms with van der Waals surface area (Å²) in [5, 5.41) is 6.57. The van der Waals surface area contributed by atoms with Gasteiger partial charge in [-0.25, -0.2) is 26.8 Å². The number of nitrogens with one attached hydrogen (secondary N) is 4. The van der Waals surface area contributed by atoms with Gasteiger partial charge in [0.05, 0.1) is 35.4 Å². The molecule has 2 saturated carbocycles. The van der Waals surface area contributed by atoms with Crippen molar-refractivity contribution in [1.82, 2.24) is 28.5 Å². The minimum Gasteiger partial charge on any atom is -0.371 e. The van der Waals surface area contributed by atoms with Crippen LogP contribution >= 0.6 is 0 Å². The van der Waals surface area contributed by atoms with E-state index in [1.807, 2.05) is 74.5 Å². The van der Waals surface area contributed by atoms with Crippen LogP contribution in [0.3, 0.4) is 0 Å². The van der Waals surface area contributed by atoms with Crippen LogP contribution in [0.15, 0.2) is 71.0 Å². The number of anilines is 2. The molecule has 2 aliphatic rings. The number of benzene rings is 3. The average Bonchev–Trinajstić information content (AvgIpc) is 3.75. The molecule has 2 aliphatic carbocycles. The van der Waals surface area contributed by atoms with Gasteiger partial charge in [0.2, 0.25) is 10.3 Å². The van der Waals surface area contributed by atoms with Crippen molar-refractivity contribution in [3.63, 3.8) is 0 Å². The minimum absolute atomic E-state index is 0.0414. The fraction of sp³-hybridized carbons (Fsp3) is 0.444. The molecule has 0 saturated heterocycles. The standard InChI is InChI=1S/C36H46N8O4S2/c1-25-13-19-31-33(21-25)41-35(39-31)49(45,46)43(29-9-5-3-6-10-29)23-37-27-15-17-28(18-16-27)38-24-44(30-11-7-4-8-12-30)50(47,48)36-40-32-20-14-26(2)22-34(32)42-36/h13-22,29-30,37-38H,3-12,23-24H2,1-2H3,(H,39,41)(H,40,42). The van der Waals surface area contributed by atoms with Crippen molar-refractivity contribution in [2.75, 3.05) is 24.0 Å². The van der Waals surface area contributed by atoms with Crippen LogP contribution < -0.4 is 10.6 Å². The van der Waals surface area contributed by atoms with E-state index >= 15 is 0 Å². The highest BCUT2D eigenvalue weighted by Gasteiger charge is 2.36. The summed E-state index contributed by atoms with van der Waals surface area (Å²) in [5.74, 6) is 0. The maximum absolute atomic E-state index is 14.0. The molecule has 0 spiro atoms. The molecule has 0 atom stereocenters. The van der Waals surface area contributed by atoms with Crippen LogP contribution in [0.4, 0.5) is 11.4 Å². The second-order valence-electron chi connectivity index (χ2n) is 13.7. The molecule has 2 aromatic heterocycles. The zero-order chi connectivity index (χ0) is 34.9. The molecule has 12 nitrogen and oxygen atoms in total. The zero-order valence-electron chi connectivity index (χ0n) is 28.7. The molecule has 2 heterocycles. The quantitative estimate of drug-likeness (QED) is 0.102. The number of sulfonamides is 2. The molecule has 0 amide bonds. The molecule has 4 N–H and O–H groups in total. The Kier molecular flexibility index (Phi) is 9.88. The van der Waals surface area contributed by atoms with E-state index in [0.29, 0.717) is 22.1 Å². The number of aryl methyl sites for hydroxylation is 2. The van der Waals surface area contributed by atoms with Gasteiger partial charge in [0.15, 0.2) is 0 Å². The summed E-state index contributed by atoms with van der Waals surface area (Å²) in [6.45, 7) is 4.12. The van der Waals surface area contributed by atoms with Gasteiger partial charge in [-0.05, 0) is 99.2 Å². The van der Waals surface area contributed by atoms with Gasteiger partial charge < -0.3 is 20.6 Å². The molecule has 14 heteroatoms. The first kappa shape index (κ1) is 34.5. The van der Waals surface area contributed by atoms with Crippen molar-refractivity contribution in [2.45, 2.75) is 100 Å². The summed E-state index contributed by atoms with van der Waals surface area (Å²) in [5.41, 5.74) is 6.20. The second kappa shape index (κ2) is 14.3. The van der Waals surface area contributed by atoms with Crippen LogP contribution in [0.2, 0.25) is 0 Å². The predicted molar refractivity (Wildman–Crippen MR) is 197 cm³/mol. The molecular formula is C36H46N8O4S2. The highest BCUT2D eigenvalue weighted by molar-refractivity contribution is 7.89. The lowest BCUT2D eigenvalue weighted by Crippen LogP contribution is -2.44. The van der Waals surface area contributed by atoms with Gasteiger partial charge in [0, 0.05) is 23.5 Å². The first-order valence-electron chi connectivity index (χ1n) is 17.6. The normalized spacial score (nSPS) is 16.9. The van der Waals surface area contributed by atoms with Crippen molar-refractivity contribution in [3.8, 4) is 0 Å². The van der Waals surface area contributed by atoms with Crippen LogP contribution in [0.1, 0.15) is 75.3 Å². The first-order chi connectivity index (χ1) is 24.1. The maximum Gasteiger partial charge on any atom is 0.278 e. The number of nitrogens with zero attached hydrogens (tertiary/aromatic N) is 4. The lowest BCUT2D eigenvalue weighted by molar-refractivity contribution is 0.262. The summed E-state index contributed by atoms with van der Waals surface area (Å²) < 4.78 is 59.1. The molecule has 266 valence electrons. The third-order valence-corrected chi connectivity index (χ3v) is 13.5. The van der Waals surface area contributed by atoms with Crippen LogP contribution in [-0.2, 0) is 20.0 Å². The lowest BCUT2D eigenvalue weighted by Gasteiger charge is -2.33. The number of fused-ring (bicyclic) bond motifs is 2. The molecule has 0 radical (unpaired) electrons. The third-order valence-electron chi connectivity index (χ3n) is 10.1. The van der Waals surface area contributed by atoms with Crippen LogP contribution in [0.5, 0.6) is 0 Å². The summed E-state index contributed by atoms with van der Waals surface area (Å²) in [6, 6.07) is 18.6. The third kappa shape index (κ3) is 7.25. The summed E-state index contributed by atoms with van der Waals surface area (Å²) in [6.07, 6.45) is 9.37. The van der Waals surface area contributed by atoms with Crippen molar-refractivity contribution in [2.24, 2.45) is 0 Å². The first-order valence-corrected chi connectivity index (χ1v) is 20.5. The van der Waals surface area contributed by atoms with Crippen molar-refractivity contribution >= 4 is 53.5 Å². The molecule has 50 heavy (non-hydrogen) atoms. The van der Waals surface area contributed by atoms with E-state index in [9.17, 15) is 16.8 Å². The Labute approximate surface area is 294 Å². The topological polar surface area (TPSA) is 156 Å². The van der Waals surface area contributed by atoms with E-state index in [4.69, 9.17) is 0 Å². The van der Waals surface area contributed by atoms with Gasteiger partial charge in [-0.2, -0.15) is 8.61 Å².